The maximum Gasteiger partial charge on any atom is 0.113 e. The fraction of sp³-hybridized carbons (Fsp3) is 0.727. The van der Waals surface area contributed by atoms with Crippen LogP contribution in [-0.2, 0) is 17.4 Å². The number of aliphatic hydroxyl groups is 1. The molecule has 4 nitrogen and oxygen atoms in total. The molecule has 90 valence electrons. The van der Waals surface area contributed by atoms with Gasteiger partial charge in [-0.05, 0) is 13.8 Å². The minimum absolute atomic E-state index is 0.0275. The molecule has 1 aliphatic heterocycles. The summed E-state index contributed by atoms with van der Waals surface area (Å²) in [5.41, 5.74) is -0.240. The van der Waals surface area contributed by atoms with Crippen molar-refractivity contribution < 1.29 is 9.84 Å². The van der Waals surface area contributed by atoms with Gasteiger partial charge in [-0.1, -0.05) is 11.6 Å². The molecule has 0 aliphatic carbocycles. The predicted octanol–water partition coefficient (Wildman–Crippen LogP) is 1.85. The molecule has 0 amide bonds. The second-order valence-electron chi connectivity index (χ2n) is 4.66. The van der Waals surface area contributed by atoms with Crippen molar-refractivity contribution in [2.75, 3.05) is 0 Å². The van der Waals surface area contributed by atoms with E-state index >= 15 is 0 Å². The third kappa shape index (κ3) is 1.97. The average molecular weight is 245 g/mol. The van der Waals surface area contributed by atoms with Crippen LogP contribution in [0.4, 0.5) is 0 Å². The third-order valence-electron chi connectivity index (χ3n) is 3.05. The van der Waals surface area contributed by atoms with Crippen LogP contribution in [0.5, 0.6) is 0 Å². The fourth-order valence-corrected chi connectivity index (χ4v) is 3.00. The molecule has 5 heteroatoms. The Hall–Kier alpha value is -0.580. The van der Waals surface area contributed by atoms with Crippen molar-refractivity contribution in [1.82, 2.24) is 9.78 Å². The topological polar surface area (TPSA) is 47.3 Å². The van der Waals surface area contributed by atoms with Gasteiger partial charge in [0, 0.05) is 19.9 Å². The molecule has 2 rings (SSSR count). The van der Waals surface area contributed by atoms with Crippen LogP contribution in [0.15, 0.2) is 6.20 Å². The Kier molecular flexibility index (Phi) is 2.99. The molecular formula is C11H17ClN2O2. The van der Waals surface area contributed by atoms with Gasteiger partial charge in [-0.25, -0.2) is 0 Å². The van der Waals surface area contributed by atoms with Gasteiger partial charge in [-0.15, -0.1) is 0 Å². The Bertz CT molecular complexity index is 362. The Morgan fingerprint density at radius 1 is 1.50 bits per heavy atom. The lowest BCUT2D eigenvalue weighted by atomic mass is 9.85. The van der Waals surface area contributed by atoms with Gasteiger partial charge >= 0.3 is 0 Å². The molecule has 1 fully saturated rings. The zero-order chi connectivity index (χ0) is 11.9. The van der Waals surface area contributed by atoms with Gasteiger partial charge < -0.3 is 9.84 Å². The van der Waals surface area contributed by atoms with E-state index in [1.807, 2.05) is 13.8 Å². The van der Waals surface area contributed by atoms with Gasteiger partial charge in [0.25, 0.3) is 0 Å². The van der Waals surface area contributed by atoms with Crippen LogP contribution in [0.3, 0.4) is 0 Å². The van der Waals surface area contributed by atoms with Crippen LogP contribution in [0.25, 0.3) is 0 Å². The summed E-state index contributed by atoms with van der Waals surface area (Å²) in [6, 6.07) is 0. The standard InChI is InChI=1S/C11H17ClN2O2/c1-7-4-11(15,5-8(2)16-7)10-9(12)6-13-14(10)3/h6-8,15H,4-5H2,1-3H3. The first kappa shape index (κ1) is 11.9. The second kappa shape index (κ2) is 4.02. The predicted molar refractivity (Wildman–Crippen MR) is 61.4 cm³/mol. The van der Waals surface area contributed by atoms with Gasteiger partial charge in [-0.3, -0.25) is 4.68 Å². The van der Waals surface area contributed by atoms with Crippen LogP contribution < -0.4 is 0 Å². The number of aromatic nitrogens is 2. The van der Waals surface area contributed by atoms with E-state index in [-0.39, 0.29) is 12.2 Å². The minimum atomic E-state index is -0.931. The summed E-state index contributed by atoms with van der Waals surface area (Å²) >= 11 is 6.08. The van der Waals surface area contributed by atoms with Crippen molar-refractivity contribution in [3.8, 4) is 0 Å². The van der Waals surface area contributed by atoms with E-state index in [1.54, 1.807) is 17.9 Å². The normalized spacial score (nSPS) is 35.3. The van der Waals surface area contributed by atoms with Crippen molar-refractivity contribution >= 4 is 11.6 Å². The molecule has 0 aromatic carbocycles. The zero-order valence-corrected chi connectivity index (χ0v) is 10.5. The Morgan fingerprint density at radius 2 is 2.06 bits per heavy atom. The summed E-state index contributed by atoms with van der Waals surface area (Å²) in [7, 11) is 1.80. The second-order valence-corrected chi connectivity index (χ2v) is 5.07. The summed E-state index contributed by atoms with van der Waals surface area (Å²) in [5, 5.41) is 15.3. The van der Waals surface area contributed by atoms with Crippen LogP contribution >= 0.6 is 11.6 Å². The average Bonchev–Trinajstić information content (AvgIpc) is 2.43. The summed E-state index contributed by atoms with van der Waals surface area (Å²) < 4.78 is 7.27. The molecule has 16 heavy (non-hydrogen) atoms. The van der Waals surface area contributed by atoms with E-state index in [0.29, 0.717) is 23.6 Å². The fourth-order valence-electron chi connectivity index (χ4n) is 2.65. The molecule has 2 unspecified atom stereocenters. The monoisotopic (exact) mass is 244 g/mol. The maximum absolute atomic E-state index is 10.7. The zero-order valence-electron chi connectivity index (χ0n) is 9.77. The lowest BCUT2D eigenvalue weighted by Crippen LogP contribution is -2.42. The molecule has 1 aromatic rings. The van der Waals surface area contributed by atoms with Crippen molar-refractivity contribution in [3.63, 3.8) is 0 Å². The molecule has 0 spiro atoms. The van der Waals surface area contributed by atoms with Gasteiger partial charge in [0.15, 0.2) is 0 Å². The molecular weight excluding hydrogens is 228 g/mol. The lowest BCUT2D eigenvalue weighted by molar-refractivity contribution is -0.138. The Morgan fingerprint density at radius 3 is 2.50 bits per heavy atom. The molecule has 0 bridgehead atoms. The van der Waals surface area contributed by atoms with Crippen molar-refractivity contribution in [3.05, 3.63) is 16.9 Å². The largest absolute Gasteiger partial charge is 0.383 e. The minimum Gasteiger partial charge on any atom is -0.383 e. The molecule has 1 N–H and O–H groups in total. The van der Waals surface area contributed by atoms with Crippen LogP contribution in [0.2, 0.25) is 5.02 Å². The quantitative estimate of drug-likeness (QED) is 0.820. The number of hydrogen-bond donors (Lipinski definition) is 1. The van der Waals surface area contributed by atoms with Gasteiger partial charge in [-0.2, -0.15) is 5.10 Å². The summed E-state index contributed by atoms with van der Waals surface area (Å²) in [4.78, 5) is 0. The van der Waals surface area contributed by atoms with Crippen molar-refractivity contribution in [1.29, 1.82) is 0 Å². The van der Waals surface area contributed by atoms with E-state index in [9.17, 15) is 5.11 Å². The van der Waals surface area contributed by atoms with E-state index in [0.717, 1.165) is 0 Å². The first-order chi connectivity index (χ1) is 7.42. The lowest BCUT2D eigenvalue weighted by Gasteiger charge is -2.39. The SMILES string of the molecule is CC1CC(O)(c2c(Cl)cnn2C)CC(C)O1. The first-order valence-corrected chi connectivity index (χ1v) is 5.86. The molecule has 2 atom stereocenters. The maximum atomic E-state index is 10.7. The number of aryl methyl sites for hydroxylation is 1. The highest BCUT2D eigenvalue weighted by Crippen LogP contribution is 2.39. The summed E-state index contributed by atoms with van der Waals surface area (Å²) in [6.45, 7) is 3.93. The van der Waals surface area contributed by atoms with Crippen LogP contribution in [0.1, 0.15) is 32.4 Å². The smallest absolute Gasteiger partial charge is 0.113 e. The highest BCUT2D eigenvalue weighted by molar-refractivity contribution is 6.31. The molecule has 1 aromatic heterocycles. The van der Waals surface area contributed by atoms with E-state index < -0.39 is 5.60 Å². The highest BCUT2D eigenvalue weighted by atomic mass is 35.5. The van der Waals surface area contributed by atoms with E-state index in [4.69, 9.17) is 16.3 Å². The molecule has 1 aliphatic rings. The van der Waals surface area contributed by atoms with Crippen LogP contribution in [0, 0.1) is 0 Å². The van der Waals surface area contributed by atoms with Crippen molar-refractivity contribution in [2.45, 2.75) is 44.5 Å². The third-order valence-corrected chi connectivity index (χ3v) is 3.33. The summed E-state index contributed by atoms with van der Waals surface area (Å²) in [5.74, 6) is 0. The Balaban J connectivity index is 2.37. The first-order valence-electron chi connectivity index (χ1n) is 5.48. The number of ether oxygens (including phenoxy) is 1. The van der Waals surface area contributed by atoms with Crippen LogP contribution in [-0.4, -0.2) is 27.1 Å². The molecule has 1 saturated heterocycles. The molecule has 0 radical (unpaired) electrons. The molecule has 2 heterocycles. The number of hydrogen-bond acceptors (Lipinski definition) is 3. The van der Waals surface area contributed by atoms with Gasteiger partial charge in [0.05, 0.1) is 29.1 Å². The van der Waals surface area contributed by atoms with Gasteiger partial charge in [0.2, 0.25) is 0 Å². The summed E-state index contributed by atoms with van der Waals surface area (Å²) in [6.07, 6.45) is 2.73. The number of rotatable bonds is 1. The Labute approximate surface area is 100 Å². The number of halogens is 1. The molecule has 0 saturated carbocycles. The van der Waals surface area contributed by atoms with E-state index in [1.165, 1.54) is 0 Å². The van der Waals surface area contributed by atoms with E-state index in [2.05, 4.69) is 5.10 Å². The van der Waals surface area contributed by atoms with Gasteiger partial charge in [0.1, 0.15) is 5.60 Å². The number of nitrogens with zero attached hydrogens (tertiary/aromatic N) is 2. The highest BCUT2D eigenvalue weighted by Gasteiger charge is 2.41. The van der Waals surface area contributed by atoms with Crippen molar-refractivity contribution in [2.24, 2.45) is 7.05 Å².